The summed E-state index contributed by atoms with van der Waals surface area (Å²) in [4.78, 5) is 41.6. The van der Waals surface area contributed by atoms with Crippen molar-refractivity contribution in [3.8, 4) is 0 Å². The molecule has 0 unspecified atom stereocenters. The minimum atomic E-state index is -0.687. The Balaban J connectivity index is 2.08. The number of pyridine rings is 1. The van der Waals surface area contributed by atoms with Gasteiger partial charge in [-0.15, -0.1) is 0 Å². The zero-order valence-electron chi connectivity index (χ0n) is 13.8. The quantitative estimate of drug-likeness (QED) is 0.812. The molecule has 25 heavy (non-hydrogen) atoms. The van der Waals surface area contributed by atoms with Gasteiger partial charge in [0.1, 0.15) is 6.54 Å². The maximum Gasteiger partial charge on any atom is 0.325 e. The first-order valence-electron chi connectivity index (χ1n) is 7.81. The van der Waals surface area contributed by atoms with Crippen molar-refractivity contribution in [1.82, 2.24) is 15.2 Å². The van der Waals surface area contributed by atoms with Gasteiger partial charge in [-0.3, -0.25) is 19.9 Å². The van der Waals surface area contributed by atoms with Crippen LogP contribution in [-0.4, -0.2) is 40.9 Å². The monoisotopic (exact) mass is 341 g/mol. The van der Waals surface area contributed by atoms with E-state index in [1.165, 1.54) is 4.90 Å². The smallest absolute Gasteiger partial charge is 0.325 e. The predicted molar refractivity (Wildman–Crippen MR) is 90.6 cm³/mol. The predicted octanol–water partition coefficient (Wildman–Crippen LogP) is 2.00. The van der Waals surface area contributed by atoms with Gasteiger partial charge < -0.3 is 9.64 Å². The molecule has 130 valence electrons. The molecule has 0 fully saturated rings. The van der Waals surface area contributed by atoms with Crippen LogP contribution in [0.25, 0.3) is 0 Å². The highest BCUT2D eigenvalue weighted by molar-refractivity contribution is 6.04. The summed E-state index contributed by atoms with van der Waals surface area (Å²) in [7, 11) is 0. The van der Waals surface area contributed by atoms with Crippen molar-refractivity contribution in [3.63, 3.8) is 0 Å². The van der Waals surface area contributed by atoms with Crippen molar-refractivity contribution in [2.45, 2.75) is 13.5 Å². The Morgan fingerprint density at radius 2 is 1.80 bits per heavy atom. The molecule has 1 aromatic carbocycles. The molecule has 0 aliphatic heterocycles. The first kappa shape index (κ1) is 18.1. The van der Waals surface area contributed by atoms with Crippen LogP contribution in [0.2, 0.25) is 0 Å². The Kier molecular flexibility index (Phi) is 6.65. The largest absolute Gasteiger partial charge is 0.465 e. The molecule has 0 saturated carbocycles. The van der Waals surface area contributed by atoms with E-state index in [1.54, 1.807) is 61.7 Å². The topological polar surface area (TPSA) is 88.6 Å². The molecule has 1 N–H and O–H groups in total. The van der Waals surface area contributed by atoms with E-state index in [1.807, 2.05) is 0 Å². The first-order valence-corrected chi connectivity index (χ1v) is 7.81. The van der Waals surface area contributed by atoms with E-state index in [0.29, 0.717) is 11.3 Å². The molecule has 0 saturated heterocycles. The first-order chi connectivity index (χ1) is 12.1. The number of carbonyl (C=O) groups excluding carboxylic acids is 3. The summed E-state index contributed by atoms with van der Waals surface area (Å²) < 4.78 is 4.88. The Bertz CT molecular complexity index is 720. The number of imide groups is 1. The van der Waals surface area contributed by atoms with Crippen LogP contribution >= 0.6 is 0 Å². The molecule has 7 nitrogen and oxygen atoms in total. The lowest BCUT2D eigenvalue weighted by Gasteiger charge is -2.21. The molecule has 0 spiro atoms. The van der Waals surface area contributed by atoms with Gasteiger partial charge in [-0.2, -0.15) is 0 Å². The Labute approximate surface area is 145 Å². The fraction of sp³-hybridized carbons (Fsp3) is 0.222. The molecule has 0 radical (unpaired) electrons. The zero-order valence-corrected chi connectivity index (χ0v) is 13.8. The van der Waals surface area contributed by atoms with Gasteiger partial charge >= 0.3 is 12.0 Å². The average molecular weight is 341 g/mol. The summed E-state index contributed by atoms with van der Waals surface area (Å²) in [6.07, 6.45) is 1.59. The SMILES string of the molecule is CCOC(=O)CN(Cc1ccccn1)C(=O)NC(=O)c1ccccc1. The van der Waals surface area contributed by atoms with Gasteiger partial charge in [0.15, 0.2) is 0 Å². The van der Waals surface area contributed by atoms with Crippen LogP contribution in [0.4, 0.5) is 4.79 Å². The number of aromatic nitrogens is 1. The van der Waals surface area contributed by atoms with Crippen LogP contribution in [-0.2, 0) is 16.1 Å². The fourth-order valence-corrected chi connectivity index (χ4v) is 2.09. The van der Waals surface area contributed by atoms with Gasteiger partial charge in [0.2, 0.25) is 0 Å². The maximum absolute atomic E-state index is 12.4. The molecule has 1 heterocycles. The van der Waals surface area contributed by atoms with Gasteiger partial charge in [0.25, 0.3) is 5.91 Å². The second kappa shape index (κ2) is 9.17. The van der Waals surface area contributed by atoms with Crippen molar-refractivity contribution in [3.05, 3.63) is 66.0 Å². The third-order valence-electron chi connectivity index (χ3n) is 3.25. The summed E-state index contributed by atoms with van der Waals surface area (Å²) in [6.45, 7) is 1.69. The average Bonchev–Trinajstić information content (AvgIpc) is 2.63. The molecule has 0 bridgehead atoms. The van der Waals surface area contributed by atoms with Crippen LogP contribution in [0.3, 0.4) is 0 Å². The maximum atomic E-state index is 12.4. The molecular formula is C18H19N3O4. The van der Waals surface area contributed by atoms with Crippen molar-refractivity contribution in [2.24, 2.45) is 0 Å². The number of carbonyl (C=O) groups is 3. The molecule has 2 rings (SSSR count). The van der Waals surface area contributed by atoms with Gasteiger partial charge in [0.05, 0.1) is 18.8 Å². The summed E-state index contributed by atoms with van der Waals surface area (Å²) in [6, 6.07) is 12.9. The summed E-state index contributed by atoms with van der Waals surface area (Å²) >= 11 is 0. The molecule has 0 aliphatic carbocycles. The Hall–Kier alpha value is -3.22. The minimum absolute atomic E-state index is 0.0769. The second-order valence-corrected chi connectivity index (χ2v) is 5.11. The van der Waals surface area contributed by atoms with Crippen LogP contribution in [0, 0.1) is 0 Å². The fourth-order valence-electron chi connectivity index (χ4n) is 2.09. The van der Waals surface area contributed by atoms with Crippen molar-refractivity contribution in [1.29, 1.82) is 0 Å². The highest BCUT2D eigenvalue weighted by Gasteiger charge is 2.21. The number of nitrogens with zero attached hydrogens (tertiary/aromatic N) is 2. The summed E-state index contributed by atoms with van der Waals surface area (Å²) in [5.74, 6) is -1.10. The van der Waals surface area contributed by atoms with Crippen LogP contribution in [0.1, 0.15) is 23.0 Å². The van der Waals surface area contributed by atoms with Crippen LogP contribution in [0.5, 0.6) is 0 Å². The molecule has 3 amide bonds. The van der Waals surface area contributed by atoms with Gasteiger partial charge in [-0.1, -0.05) is 24.3 Å². The number of ether oxygens (including phenoxy) is 1. The molecular weight excluding hydrogens is 322 g/mol. The van der Waals surface area contributed by atoms with Crippen LogP contribution < -0.4 is 5.32 Å². The number of esters is 1. The molecule has 2 aromatic rings. The molecule has 0 atom stereocenters. The lowest BCUT2D eigenvalue weighted by atomic mass is 10.2. The normalized spacial score (nSPS) is 9.96. The summed E-state index contributed by atoms with van der Waals surface area (Å²) in [5, 5.41) is 2.28. The van der Waals surface area contributed by atoms with Gasteiger partial charge in [-0.05, 0) is 31.2 Å². The number of hydrogen-bond acceptors (Lipinski definition) is 5. The van der Waals surface area contributed by atoms with Gasteiger partial charge in [0, 0.05) is 11.8 Å². The molecule has 1 aromatic heterocycles. The molecule has 0 aliphatic rings. The van der Waals surface area contributed by atoms with E-state index >= 15 is 0 Å². The highest BCUT2D eigenvalue weighted by Crippen LogP contribution is 2.04. The Morgan fingerprint density at radius 3 is 2.44 bits per heavy atom. The number of amides is 3. The number of hydrogen-bond donors (Lipinski definition) is 1. The number of rotatable bonds is 6. The van der Waals surface area contributed by atoms with Crippen molar-refractivity contribution >= 4 is 17.9 Å². The number of benzene rings is 1. The third-order valence-corrected chi connectivity index (χ3v) is 3.25. The van der Waals surface area contributed by atoms with E-state index in [9.17, 15) is 14.4 Å². The van der Waals surface area contributed by atoms with E-state index in [2.05, 4.69) is 10.3 Å². The standard InChI is InChI=1S/C18H19N3O4/c1-2-25-16(22)13-21(12-15-10-6-7-11-19-15)18(24)20-17(23)14-8-4-3-5-9-14/h3-11H,2,12-13H2,1H3,(H,20,23,24). The second-order valence-electron chi connectivity index (χ2n) is 5.11. The van der Waals surface area contributed by atoms with E-state index in [4.69, 9.17) is 4.74 Å². The number of nitrogens with one attached hydrogen (secondary N) is 1. The number of urea groups is 1. The Morgan fingerprint density at radius 1 is 1.08 bits per heavy atom. The van der Waals surface area contributed by atoms with Gasteiger partial charge in [-0.25, -0.2) is 4.79 Å². The van der Waals surface area contributed by atoms with Crippen molar-refractivity contribution < 1.29 is 19.1 Å². The zero-order chi connectivity index (χ0) is 18.1. The van der Waals surface area contributed by atoms with Crippen LogP contribution in [0.15, 0.2) is 54.7 Å². The molecule has 7 heteroatoms. The summed E-state index contributed by atoms with van der Waals surface area (Å²) in [5.41, 5.74) is 0.943. The highest BCUT2D eigenvalue weighted by atomic mass is 16.5. The van der Waals surface area contributed by atoms with E-state index < -0.39 is 17.9 Å². The minimum Gasteiger partial charge on any atom is -0.465 e. The van der Waals surface area contributed by atoms with E-state index in [0.717, 1.165) is 0 Å². The van der Waals surface area contributed by atoms with Crippen molar-refractivity contribution in [2.75, 3.05) is 13.2 Å². The van der Waals surface area contributed by atoms with E-state index in [-0.39, 0.29) is 19.7 Å². The lowest BCUT2D eigenvalue weighted by Crippen LogP contribution is -2.45. The third kappa shape index (κ3) is 5.72. The lowest BCUT2D eigenvalue weighted by molar-refractivity contribution is -0.143.